The Bertz CT molecular complexity index is 1090. The van der Waals surface area contributed by atoms with Crippen LogP contribution in [0.15, 0.2) is 78.9 Å². The van der Waals surface area contributed by atoms with E-state index in [0.29, 0.717) is 19.5 Å². The first-order valence-electron chi connectivity index (χ1n) is 12.0. The summed E-state index contributed by atoms with van der Waals surface area (Å²) in [5, 5.41) is 3.05. The molecule has 0 radical (unpaired) electrons. The third kappa shape index (κ3) is 5.20. The van der Waals surface area contributed by atoms with Crippen molar-refractivity contribution < 1.29 is 9.59 Å². The number of benzene rings is 3. The topological polar surface area (TPSA) is 75.4 Å². The molecule has 5 nitrogen and oxygen atoms in total. The molecular weight excluding hydrogens is 422 g/mol. The molecule has 1 saturated heterocycles. The van der Waals surface area contributed by atoms with E-state index < -0.39 is 12.1 Å². The molecule has 0 saturated carbocycles. The standard InChI is InChI=1S/C29H33N3O2/c1-20-15-16-21(2)24(18-20)19-31-28(33)25-14-9-17-32(25)29(34)27(30)26(22-10-5-3-6-11-22)23-12-7-4-8-13-23/h3-8,10-13,15-16,18,25-27H,9,14,17,19,30H2,1-2H3,(H,31,33)/t25?,27-/m1/s1. The van der Waals surface area contributed by atoms with Crippen LogP contribution in [0.25, 0.3) is 0 Å². The van der Waals surface area contributed by atoms with Gasteiger partial charge < -0.3 is 16.0 Å². The molecule has 1 heterocycles. The Morgan fingerprint density at radius 1 is 0.971 bits per heavy atom. The fourth-order valence-corrected chi connectivity index (χ4v) is 4.86. The highest BCUT2D eigenvalue weighted by Gasteiger charge is 2.39. The molecule has 1 aliphatic rings. The molecule has 176 valence electrons. The highest BCUT2D eigenvalue weighted by Crippen LogP contribution is 2.30. The number of nitrogens with one attached hydrogen (secondary N) is 1. The lowest BCUT2D eigenvalue weighted by Gasteiger charge is -2.31. The zero-order valence-corrected chi connectivity index (χ0v) is 19.9. The number of hydrogen-bond donors (Lipinski definition) is 2. The zero-order valence-electron chi connectivity index (χ0n) is 19.9. The van der Waals surface area contributed by atoms with Gasteiger partial charge in [0.2, 0.25) is 11.8 Å². The molecule has 1 unspecified atom stereocenters. The summed E-state index contributed by atoms with van der Waals surface area (Å²) in [7, 11) is 0. The normalized spacial score (nSPS) is 16.5. The van der Waals surface area contributed by atoms with Crippen molar-refractivity contribution in [2.75, 3.05) is 6.54 Å². The molecule has 3 aromatic rings. The average Bonchev–Trinajstić information content (AvgIpc) is 3.35. The molecule has 0 aliphatic carbocycles. The largest absolute Gasteiger partial charge is 0.350 e. The van der Waals surface area contributed by atoms with Crippen molar-refractivity contribution in [3.05, 3.63) is 107 Å². The van der Waals surface area contributed by atoms with Gasteiger partial charge in [0.25, 0.3) is 0 Å². The molecule has 5 heteroatoms. The first kappa shape index (κ1) is 23.7. The molecular formula is C29H33N3O2. The van der Waals surface area contributed by atoms with Crippen LogP contribution in [-0.4, -0.2) is 35.3 Å². The molecule has 1 fully saturated rings. The van der Waals surface area contributed by atoms with E-state index in [0.717, 1.165) is 34.2 Å². The maximum atomic E-state index is 13.6. The summed E-state index contributed by atoms with van der Waals surface area (Å²) in [4.78, 5) is 28.4. The van der Waals surface area contributed by atoms with Crippen LogP contribution in [0.4, 0.5) is 0 Å². The molecule has 3 N–H and O–H groups in total. The van der Waals surface area contributed by atoms with E-state index in [2.05, 4.69) is 23.5 Å². The summed E-state index contributed by atoms with van der Waals surface area (Å²) in [6, 6.07) is 24.7. The lowest BCUT2D eigenvalue weighted by atomic mass is 9.84. The third-order valence-corrected chi connectivity index (χ3v) is 6.76. The van der Waals surface area contributed by atoms with E-state index in [1.165, 1.54) is 0 Å². The Labute approximate surface area is 202 Å². The quantitative estimate of drug-likeness (QED) is 0.564. The van der Waals surface area contributed by atoms with Gasteiger partial charge in [-0.3, -0.25) is 9.59 Å². The van der Waals surface area contributed by atoms with E-state index in [9.17, 15) is 9.59 Å². The van der Waals surface area contributed by atoms with Gasteiger partial charge in [0.1, 0.15) is 6.04 Å². The first-order valence-corrected chi connectivity index (χ1v) is 12.0. The van der Waals surface area contributed by atoms with Gasteiger partial charge in [-0.1, -0.05) is 84.4 Å². The molecule has 0 spiro atoms. The van der Waals surface area contributed by atoms with Gasteiger partial charge in [-0.15, -0.1) is 0 Å². The number of amides is 2. The second kappa shape index (κ2) is 10.7. The van der Waals surface area contributed by atoms with Gasteiger partial charge in [0.15, 0.2) is 0 Å². The van der Waals surface area contributed by atoms with E-state index in [1.54, 1.807) is 4.90 Å². The number of aryl methyl sites for hydroxylation is 2. The van der Waals surface area contributed by atoms with Crippen LogP contribution in [0.5, 0.6) is 0 Å². The monoisotopic (exact) mass is 455 g/mol. The predicted octanol–water partition coefficient (Wildman–Crippen LogP) is 4.07. The lowest BCUT2D eigenvalue weighted by Crippen LogP contribution is -2.52. The summed E-state index contributed by atoms with van der Waals surface area (Å²) in [6.07, 6.45) is 1.44. The minimum Gasteiger partial charge on any atom is -0.350 e. The number of hydrogen-bond acceptors (Lipinski definition) is 3. The van der Waals surface area contributed by atoms with Crippen molar-refractivity contribution >= 4 is 11.8 Å². The van der Waals surface area contributed by atoms with E-state index in [4.69, 9.17) is 5.73 Å². The van der Waals surface area contributed by atoms with Crippen molar-refractivity contribution in [1.29, 1.82) is 0 Å². The molecule has 0 bridgehead atoms. The molecule has 2 atom stereocenters. The fraction of sp³-hybridized carbons (Fsp3) is 0.310. The van der Waals surface area contributed by atoms with E-state index in [1.807, 2.05) is 74.5 Å². The molecule has 2 amide bonds. The van der Waals surface area contributed by atoms with Gasteiger partial charge in [-0.05, 0) is 48.9 Å². The Morgan fingerprint density at radius 3 is 2.21 bits per heavy atom. The Balaban J connectivity index is 1.51. The number of carbonyl (C=O) groups is 2. The number of rotatable bonds is 7. The Morgan fingerprint density at radius 2 is 1.59 bits per heavy atom. The highest BCUT2D eigenvalue weighted by molar-refractivity contribution is 5.91. The maximum Gasteiger partial charge on any atom is 0.243 e. The summed E-state index contributed by atoms with van der Waals surface area (Å²) in [5.41, 5.74) is 12.0. The van der Waals surface area contributed by atoms with Crippen LogP contribution in [0, 0.1) is 13.8 Å². The minimum absolute atomic E-state index is 0.116. The van der Waals surface area contributed by atoms with Gasteiger partial charge >= 0.3 is 0 Å². The maximum absolute atomic E-state index is 13.6. The van der Waals surface area contributed by atoms with E-state index in [-0.39, 0.29) is 17.7 Å². The van der Waals surface area contributed by atoms with Crippen molar-refractivity contribution in [1.82, 2.24) is 10.2 Å². The van der Waals surface area contributed by atoms with Crippen LogP contribution in [0.2, 0.25) is 0 Å². The summed E-state index contributed by atoms with van der Waals surface area (Å²) < 4.78 is 0. The van der Waals surface area contributed by atoms with Gasteiger partial charge in [0, 0.05) is 19.0 Å². The van der Waals surface area contributed by atoms with Crippen molar-refractivity contribution in [3.63, 3.8) is 0 Å². The third-order valence-electron chi connectivity index (χ3n) is 6.76. The van der Waals surface area contributed by atoms with Crippen LogP contribution >= 0.6 is 0 Å². The summed E-state index contributed by atoms with van der Waals surface area (Å²) >= 11 is 0. The number of likely N-dealkylation sites (tertiary alicyclic amines) is 1. The molecule has 4 rings (SSSR count). The highest BCUT2D eigenvalue weighted by atomic mass is 16.2. The number of nitrogens with two attached hydrogens (primary N) is 1. The number of carbonyl (C=O) groups excluding carboxylic acids is 2. The Hall–Kier alpha value is -3.44. The predicted molar refractivity (Wildman–Crippen MR) is 135 cm³/mol. The van der Waals surface area contributed by atoms with Gasteiger partial charge in [-0.25, -0.2) is 0 Å². The second-order valence-electron chi connectivity index (χ2n) is 9.16. The number of nitrogens with zero attached hydrogens (tertiary/aromatic N) is 1. The van der Waals surface area contributed by atoms with Crippen LogP contribution in [0.3, 0.4) is 0 Å². The van der Waals surface area contributed by atoms with Crippen LogP contribution in [0.1, 0.15) is 46.6 Å². The van der Waals surface area contributed by atoms with Crippen molar-refractivity contribution in [3.8, 4) is 0 Å². The second-order valence-corrected chi connectivity index (χ2v) is 9.16. The average molecular weight is 456 g/mol. The fourth-order valence-electron chi connectivity index (χ4n) is 4.86. The van der Waals surface area contributed by atoms with Crippen LogP contribution < -0.4 is 11.1 Å². The first-order chi connectivity index (χ1) is 16.5. The molecule has 0 aromatic heterocycles. The van der Waals surface area contributed by atoms with Crippen molar-refractivity contribution in [2.45, 2.75) is 51.2 Å². The lowest BCUT2D eigenvalue weighted by molar-refractivity contribution is -0.139. The summed E-state index contributed by atoms with van der Waals surface area (Å²) in [5.74, 6) is -0.578. The van der Waals surface area contributed by atoms with Gasteiger partial charge in [-0.2, -0.15) is 0 Å². The minimum atomic E-state index is -0.780. The van der Waals surface area contributed by atoms with E-state index >= 15 is 0 Å². The van der Waals surface area contributed by atoms with Crippen LogP contribution in [-0.2, 0) is 16.1 Å². The molecule has 34 heavy (non-hydrogen) atoms. The molecule has 1 aliphatic heterocycles. The smallest absolute Gasteiger partial charge is 0.243 e. The SMILES string of the molecule is Cc1ccc(C)c(CNC(=O)C2CCCN2C(=O)[C@H](N)C(c2ccccc2)c2ccccc2)c1. The van der Waals surface area contributed by atoms with Crippen molar-refractivity contribution in [2.24, 2.45) is 5.73 Å². The zero-order chi connectivity index (χ0) is 24.1. The van der Waals surface area contributed by atoms with Gasteiger partial charge in [0.05, 0.1) is 6.04 Å². The summed E-state index contributed by atoms with van der Waals surface area (Å²) in [6.45, 7) is 5.08. The molecule has 3 aromatic carbocycles. The Kier molecular flexibility index (Phi) is 7.43.